The highest BCUT2D eigenvalue weighted by molar-refractivity contribution is 5.73. The molecule has 0 radical (unpaired) electrons. The van der Waals surface area contributed by atoms with E-state index in [4.69, 9.17) is 15.2 Å². The van der Waals surface area contributed by atoms with Crippen molar-refractivity contribution in [1.82, 2.24) is 5.32 Å². The summed E-state index contributed by atoms with van der Waals surface area (Å²) in [7, 11) is 3.28. The summed E-state index contributed by atoms with van der Waals surface area (Å²) >= 11 is 0. The molecule has 1 unspecified atom stereocenters. The first-order chi connectivity index (χ1) is 9.08. The maximum atomic E-state index is 10.7. The first-order valence-corrected chi connectivity index (χ1v) is 6.32. The van der Waals surface area contributed by atoms with Gasteiger partial charge >= 0.3 is 0 Å². The molecule has 5 nitrogen and oxygen atoms in total. The number of rotatable bonds is 8. The number of benzene rings is 1. The molecule has 0 saturated carbocycles. The molecule has 0 aromatic heterocycles. The molecule has 0 spiro atoms. The number of nitrogens with one attached hydrogen (secondary N) is 1. The van der Waals surface area contributed by atoms with Gasteiger partial charge < -0.3 is 20.5 Å². The molecule has 3 N–H and O–H groups in total. The van der Waals surface area contributed by atoms with Crippen molar-refractivity contribution in [2.45, 2.75) is 25.8 Å². The number of nitrogens with two attached hydrogens (primary N) is 1. The van der Waals surface area contributed by atoms with Crippen LogP contribution in [-0.2, 0) is 4.79 Å². The molecule has 106 valence electrons. The number of ether oxygens (including phenoxy) is 2. The predicted octanol–water partition coefficient (Wildman–Crippen LogP) is 1.62. The van der Waals surface area contributed by atoms with E-state index in [0.717, 1.165) is 30.0 Å². The number of hydrogen-bond donors (Lipinski definition) is 2. The summed E-state index contributed by atoms with van der Waals surface area (Å²) in [6, 6.07) is 5.81. The van der Waals surface area contributed by atoms with Gasteiger partial charge in [0.15, 0.2) is 0 Å². The van der Waals surface area contributed by atoms with Crippen LogP contribution >= 0.6 is 0 Å². The average molecular weight is 266 g/mol. The molecule has 0 aliphatic carbocycles. The smallest absolute Gasteiger partial charge is 0.217 e. The lowest BCUT2D eigenvalue weighted by molar-refractivity contribution is -0.118. The van der Waals surface area contributed by atoms with E-state index >= 15 is 0 Å². The Morgan fingerprint density at radius 3 is 2.68 bits per heavy atom. The Hall–Kier alpha value is -1.75. The Kier molecular flexibility index (Phi) is 6.15. The second-order valence-corrected chi connectivity index (χ2v) is 4.35. The minimum Gasteiger partial charge on any atom is -0.497 e. The molecule has 1 aromatic carbocycles. The summed E-state index contributed by atoms with van der Waals surface area (Å²) in [5.74, 6) is 1.34. The van der Waals surface area contributed by atoms with Crippen molar-refractivity contribution < 1.29 is 14.3 Å². The first-order valence-electron chi connectivity index (χ1n) is 6.32. The minimum absolute atomic E-state index is 0.109. The van der Waals surface area contributed by atoms with Crippen LogP contribution in [0.2, 0.25) is 0 Å². The van der Waals surface area contributed by atoms with Crippen LogP contribution in [0.15, 0.2) is 18.2 Å². The van der Waals surface area contributed by atoms with Crippen molar-refractivity contribution in [3.8, 4) is 11.5 Å². The van der Waals surface area contributed by atoms with Crippen molar-refractivity contribution in [3.05, 3.63) is 23.8 Å². The zero-order valence-corrected chi connectivity index (χ0v) is 11.7. The number of amides is 1. The molecule has 0 saturated heterocycles. The van der Waals surface area contributed by atoms with E-state index in [0.29, 0.717) is 6.42 Å². The molecule has 1 rings (SSSR count). The van der Waals surface area contributed by atoms with Gasteiger partial charge in [-0.3, -0.25) is 4.79 Å². The van der Waals surface area contributed by atoms with E-state index in [1.165, 1.54) is 0 Å². The Balaban J connectivity index is 2.63. The summed E-state index contributed by atoms with van der Waals surface area (Å²) < 4.78 is 10.6. The van der Waals surface area contributed by atoms with Crippen LogP contribution < -0.4 is 20.5 Å². The molecule has 0 fully saturated rings. The fourth-order valence-electron chi connectivity index (χ4n) is 1.87. The maximum absolute atomic E-state index is 10.7. The Labute approximate surface area is 114 Å². The standard InChI is InChI=1S/C14H22N2O3/c1-10(16-8-4-5-14(15)17)12-9-11(18-2)6-7-13(12)19-3/h6-7,9-10,16H,4-5,8H2,1-3H3,(H2,15,17). The number of hydrogen-bond acceptors (Lipinski definition) is 4. The van der Waals surface area contributed by atoms with Crippen LogP contribution in [-0.4, -0.2) is 26.7 Å². The second-order valence-electron chi connectivity index (χ2n) is 4.35. The van der Waals surface area contributed by atoms with Gasteiger partial charge in [-0.2, -0.15) is 0 Å². The second kappa shape index (κ2) is 7.63. The fraction of sp³-hybridized carbons (Fsp3) is 0.500. The molecule has 1 aromatic rings. The molecule has 19 heavy (non-hydrogen) atoms. The third-order valence-corrected chi connectivity index (χ3v) is 2.95. The van der Waals surface area contributed by atoms with E-state index in [9.17, 15) is 4.79 Å². The van der Waals surface area contributed by atoms with Crippen LogP contribution in [0.3, 0.4) is 0 Å². The van der Waals surface area contributed by atoms with Crippen LogP contribution in [0.4, 0.5) is 0 Å². The molecular formula is C14H22N2O3. The van der Waals surface area contributed by atoms with Crippen LogP contribution in [0.1, 0.15) is 31.4 Å². The molecule has 0 bridgehead atoms. The molecular weight excluding hydrogens is 244 g/mol. The predicted molar refractivity (Wildman–Crippen MR) is 74.4 cm³/mol. The first kappa shape index (κ1) is 15.3. The van der Waals surface area contributed by atoms with Crippen molar-refractivity contribution in [2.24, 2.45) is 5.73 Å². The summed E-state index contributed by atoms with van der Waals surface area (Å²) in [4.78, 5) is 10.7. The molecule has 0 aliphatic heterocycles. The highest BCUT2D eigenvalue weighted by atomic mass is 16.5. The number of primary amides is 1. The molecule has 5 heteroatoms. The fourth-order valence-corrected chi connectivity index (χ4v) is 1.87. The zero-order chi connectivity index (χ0) is 14.3. The van der Waals surface area contributed by atoms with Gasteiger partial charge in [0.05, 0.1) is 14.2 Å². The summed E-state index contributed by atoms with van der Waals surface area (Å²) in [6.45, 7) is 2.77. The van der Waals surface area contributed by atoms with E-state index in [1.54, 1.807) is 14.2 Å². The van der Waals surface area contributed by atoms with E-state index in [1.807, 2.05) is 25.1 Å². The van der Waals surface area contributed by atoms with Gasteiger partial charge in [-0.15, -0.1) is 0 Å². The van der Waals surface area contributed by atoms with Crippen LogP contribution in [0.5, 0.6) is 11.5 Å². The lowest BCUT2D eigenvalue weighted by Crippen LogP contribution is -2.22. The van der Waals surface area contributed by atoms with E-state index < -0.39 is 0 Å². The number of methoxy groups -OCH3 is 2. The van der Waals surface area contributed by atoms with Crippen molar-refractivity contribution in [2.75, 3.05) is 20.8 Å². The van der Waals surface area contributed by atoms with E-state index in [2.05, 4.69) is 5.32 Å². The van der Waals surface area contributed by atoms with Crippen LogP contribution in [0.25, 0.3) is 0 Å². The van der Waals surface area contributed by atoms with Crippen molar-refractivity contribution in [3.63, 3.8) is 0 Å². The Morgan fingerprint density at radius 1 is 1.37 bits per heavy atom. The quantitative estimate of drug-likeness (QED) is 0.701. The SMILES string of the molecule is COc1ccc(OC)c(C(C)NCCCC(N)=O)c1. The minimum atomic E-state index is -0.270. The zero-order valence-electron chi connectivity index (χ0n) is 11.7. The lowest BCUT2D eigenvalue weighted by Gasteiger charge is -2.18. The third-order valence-electron chi connectivity index (χ3n) is 2.95. The third kappa shape index (κ3) is 4.79. The molecule has 1 amide bonds. The van der Waals surface area contributed by atoms with Gasteiger partial charge in [0.25, 0.3) is 0 Å². The van der Waals surface area contributed by atoms with Gasteiger partial charge in [-0.05, 0) is 38.1 Å². The van der Waals surface area contributed by atoms with Crippen molar-refractivity contribution in [1.29, 1.82) is 0 Å². The number of carbonyl (C=O) groups excluding carboxylic acids is 1. The normalized spacial score (nSPS) is 11.9. The van der Waals surface area contributed by atoms with Crippen LogP contribution in [0, 0.1) is 0 Å². The van der Waals surface area contributed by atoms with Crippen molar-refractivity contribution >= 4 is 5.91 Å². The molecule has 0 heterocycles. The maximum Gasteiger partial charge on any atom is 0.217 e. The van der Waals surface area contributed by atoms with Gasteiger partial charge in [-0.25, -0.2) is 0 Å². The largest absolute Gasteiger partial charge is 0.497 e. The summed E-state index contributed by atoms with van der Waals surface area (Å²) in [6.07, 6.45) is 1.13. The number of carbonyl (C=O) groups is 1. The summed E-state index contributed by atoms with van der Waals surface area (Å²) in [5, 5.41) is 3.34. The highest BCUT2D eigenvalue weighted by Gasteiger charge is 2.12. The lowest BCUT2D eigenvalue weighted by atomic mass is 10.1. The Morgan fingerprint density at radius 2 is 2.11 bits per heavy atom. The highest BCUT2D eigenvalue weighted by Crippen LogP contribution is 2.29. The molecule has 0 aliphatic rings. The average Bonchev–Trinajstić information content (AvgIpc) is 2.42. The van der Waals surface area contributed by atoms with E-state index in [-0.39, 0.29) is 11.9 Å². The van der Waals surface area contributed by atoms with Gasteiger partial charge in [0.1, 0.15) is 11.5 Å². The van der Waals surface area contributed by atoms with Gasteiger partial charge in [-0.1, -0.05) is 0 Å². The monoisotopic (exact) mass is 266 g/mol. The van der Waals surface area contributed by atoms with Gasteiger partial charge in [0.2, 0.25) is 5.91 Å². The van der Waals surface area contributed by atoms with Gasteiger partial charge in [0, 0.05) is 18.0 Å². The Bertz CT molecular complexity index is 421. The summed E-state index contributed by atoms with van der Waals surface area (Å²) in [5.41, 5.74) is 6.13. The molecule has 1 atom stereocenters. The topological polar surface area (TPSA) is 73.6 Å².